The summed E-state index contributed by atoms with van der Waals surface area (Å²) < 4.78 is 5.53. The lowest BCUT2D eigenvalue weighted by atomic mass is 9.78. The number of likely N-dealkylation sites (tertiary alicyclic amines) is 1. The molecule has 2 aliphatic heterocycles. The lowest BCUT2D eigenvalue weighted by molar-refractivity contribution is -0.143. The van der Waals surface area contributed by atoms with Crippen LogP contribution < -0.4 is 16.0 Å². The third-order valence-electron chi connectivity index (χ3n) is 8.51. The minimum Gasteiger partial charge on any atom is -0.481 e. The van der Waals surface area contributed by atoms with Gasteiger partial charge in [-0.25, -0.2) is 0 Å². The fraction of sp³-hybridized carbons (Fsp3) is 0.958. The molecule has 4 aliphatic rings. The Labute approximate surface area is 188 Å². The van der Waals surface area contributed by atoms with Crippen molar-refractivity contribution < 1.29 is 14.6 Å². The molecule has 2 saturated heterocycles. The van der Waals surface area contributed by atoms with Gasteiger partial charge in [0.2, 0.25) is 0 Å². The van der Waals surface area contributed by atoms with Gasteiger partial charge in [-0.3, -0.25) is 20.7 Å². The number of ether oxygens (including phenoxy) is 1. The molecule has 178 valence electrons. The van der Waals surface area contributed by atoms with Crippen molar-refractivity contribution >= 4 is 5.97 Å². The number of carboxylic acids is 1. The molecule has 1 atom stereocenters. The molecule has 0 spiro atoms. The Balaban J connectivity index is 1.11. The topological polar surface area (TPSA) is 85.9 Å². The first-order chi connectivity index (χ1) is 15.1. The molecular weight excluding hydrogens is 392 g/mol. The van der Waals surface area contributed by atoms with Crippen molar-refractivity contribution in [2.75, 3.05) is 39.8 Å². The van der Waals surface area contributed by atoms with E-state index in [0.29, 0.717) is 12.1 Å². The first-order valence-electron chi connectivity index (χ1n) is 12.8. The minimum atomic E-state index is -0.616. The Hall–Kier alpha value is -0.730. The first-order valence-corrected chi connectivity index (χ1v) is 12.8. The summed E-state index contributed by atoms with van der Waals surface area (Å²) in [5.41, 5.74) is 0. The number of carboxylic acid groups (broad SMARTS) is 1. The quantitative estimate of drug-likeness (QED) is 0.487. The van der Waals surface area contributed by atoms with Crippen molar-refractivity contribution in [1.29, 1.82) is 0 Å². The third-order valence-corrected chi connectivity index (χ3v) is 8.51. The summed E-state index contributed by atoms with van der Waals surface area (Å²) in [6.07, 6.45) is 12.6. The number of aliphatic carboxylic acids is 1. The zero-order valence-corrected chi connectivity index (χ0v) is 19.4. The second-order valence-electron chi connectivity index (χ2n) is 10.6. The summed E-state index contributed by atoms with van der Waals surface area (Å²) in [4.78, 5) is 13.7. The molecule has 1 unspecified atom stereocenters. The van der Waals surface area contributed by atoms with Crippen molar-refractivity contribution in [3.05, 3.63) is 0 Å². The van der Waals surface area contributed by atoms with Gasteiger partial charge in [0.05, 0.1) is 12.0 Å². The summed E-state index contributed by atoms with van der Waals surface area (Å²) in [7, 11) is 1.85. The molecule has 0 amide bonds. The molecule has 4 N–H and O–H groups in total. The summed E-state index contributed by atoms with van der Waals surface area (Å²) >= 11 is 0. The smallest absolute Gasteiger partial charge is 0.307 e. The third kappa shape index (κ3) is 6.64. The molecule has 0 aromatic rings. The summed E-state index contributed by atoms with van der Waals surface area (Å²) in [5.74, 6) is 1.53. The first kappa shape index (κ1) is 23.4. The van der Waals surface area contributed by atoms with Crippen LogP contribution in [-0.4, -0.2) is 74.2 Å². The fourth-order valence-electron chi connectivity index (χ4n) is 6.47. The lowest BCUT2D eigenvalue weighted by Gasteiger charge is -2.41. The number of rotatable bonds is 7. The van der Waals surface area contributed by atoms with Crippen LogP contribution >= 0.6 is 0 Å². The molecule has 4 fully saturated rings. The monoisotopic (exact) mass is 436 g/mol. The Kier molecular flexibility index (Phi) is 8.63. The molecule has 0 aromatic heterocycles. The maximum absolute atomic E-state index is 11.3. The number of carbonyl (C=O) groups is 1. The van der Waals surface area contributed by atoms with E-state index in [2.05, 4.69) is 20.9 Å². The van der Waals surface area contributed by atoms with Gasteiger partial charge in [0.1, 0.15) is 6.29 Å². The van der Waals surface area contributed by atoms with E-state index in [-0.39, 0.29) is 12.2 Å². The van der Waals surface area contributed by atoms with E-state index in [4.69, 9.17) is 4.74 Å². The number of nitrogens with one attached hydrogen (secondary N) is 3. The van der Waals surface area contributed by atoms with Crippen LogP contribution in [0.4, 0.5) is 0 Å². The lowest BCUT2D eigenvalue weighted by Crippen LogP contribution is -2.63. The maximum Gasteiger partial charge on any atom is 0.307 e. The Morgan fingerprint density at radius 3 is 2.35 bits per heavy atom. The second-order valence-corrected chi connectivity index (χ2v) is 10.6. The SMILES string of the molecule is COC1CCC(C2CNC(NC3CCC(CN4CCCC(C(=O)O)C4)CC3)NC2)CC1. The van der Waals surface area contributed by atoms with E-state index in [1.807, 2.05) is 7.11 Å². The van der Waals surface area contributed by atoms with Crippen LogP contribution in [0.1, 0.15) is 64.2 Å². The Bertz CT molecular complexity index is 553. The average molecular weight is 437 g/mol. The minimum absolute atomic E-state index is 0.158. The van der Waals surface area contributed by atoms with Crippen LogP contribution in [0, 0.1) is 23.7 Å². The highest BCUT2D eigenvalue weighted by atomic mass is 16.5. The Morgan fingerprint density at radius 1 is 1.00 bits per heavy atom. The highest BCUT2D eigenvalue weighted by Gasteiger charge is 2.32. The zero-order valence-electron chi connectivity index (χ0n) is 19.4. The second kappa shape index (κ2) is 11.4. The standard InChI is InChI=1S/C24H44N4O3/c1-31-22-10-6-18(7-11-22)20-13-25-24(26-14-20)27-21-8-4-17(5-9-21)15-28-12-2-3-19(16-28)23(29)30/h17-22,24-27H,2-16H2,1H3,(H,29,30). The van der Waals surface area contributed by atoms with Crippen molar-refractivity contribution in [3.8, 4) is 0 Å². The fourth-order valence-corrected chi connectivity index (χ4v) is 6.47. The zero-order chi connectivity index (χ0) is 21.6. The molecule has 7 heteroatoms. The van der Waals surface area contributed by atoms with Gasteiger partial charge in [-0.05, 0) is 88.5 Å². The van der Waals surface area contributed by atoms with Gasteiger partial charge in [0.25, 0.3) is 0 Å². The number of hydrogen-bond donors (Lipinski definition) is 4. The van der Waals surface area contributed by atoms with Crippen LogP contribution in [0.25, 0.3) is 0 Å². The molecule has 4 rings (SSSR count). The van der Waals surface area contributed by atoms with E-state index in [1.54, 1.807) is 0 Å². The van der Waals surface area contributed by atoms with Gasteiger partial charge in [-0.1, -0.05) is 0 Å². The molecular formula is C24H44N4O3. The number of hydrogen-bond acceptors (Lipinski definition) is 6. The Morgan fingerprint density at radius 2 is 1.71 bits per heavy atom. The average Bonchev–Trinajstić information content (AvgIpc) is 2.81. The molecule has 0 bridgehead atoms. The number of nitrogens with zero attached hydrogens (tertiary/aromatic N) is 1. The highest BCUT2D eigenvalue weighted by Crippen LogP contribution is 2.32. The van der Waals surface area contributed by atoms with Gasteiger partial charge in [-0.15, -0.1) is 0 Å². The van der Waals surface area contributed by atoms with E-state index in [1.165, 1.54) is 51.4 Å². The van der Waals surface area contributed by atoms with Gasteiger partial charge >= 0.3 is 5.97 Å². The molecule has 0 aromatic carbocycles. The van der Waals surface area contributed by atoms with Gasteiger partial charge in [-0.2, -0.15) is 0 Å². The van der Waals surface area contributed by atoms with Gasteiger partial charge < -0.3 is 14.7 Å². The van der Waals surface area contributed by atoms with Gasteiger partial charge in [0, 0.05) is 39.3 Å². The molecule has 31 heavy (non-hydrogen) atoms. The molecule has 2 heterocycles. The number of methoxy groups -OCH3 is 1. The van der Waals surface area contributed by atoms with Crippen LogP contribution in [0.3, 0.4) is 0 Å². The predicted octanol–water partition coefficient (Wildman–Crippen LogP) is 2.23. The van der Waals surface area contributed by atoms with Crippen LogP contribution in [0.15, 0.2) is 0 Å². The van der Waals surface area contributed by atoms with E-state index < -0.39 is 5.97 Å². The van der Waals surface area contributed by atoms with E-state index in [0.717, 1.165) is 63.3 Å². The number of piperidine rings is 1. The van der Waals surface area contributed by atoms with Crippen molar-refractivity contribution in [2.45, 2.75) is 82.6 Å². The van der Waals surface area contributed by atoms with Crippen molar-refractivity contribution in [1.82, 2.24) is 20.9 Å². The molecule has 2 aliphatic carbocycles. The van der Waals surface area contributed by atoms with Gasteiger partial charge in [0.15, 0.2) is 0 Å². The van der Waals surface area contributed by atoms with Crippen molar-refractivity contribution in [2.24, 2.45) is 23.7 Å². The van der Waals surface area contributed by atoms with Crippen LogP contribution in [0.2, 0.25) is 0 Å². The largest absolute Gasteiger partial charge is 0.481 e. The highest BCUT2D eigenvalue weighted by molar-refractivity contribution is 5.70. The molecule has 0 radical (unpaired) electrons. The van der Waals surface area contributed by atoms with Crippen LogP contribution in [-0.2, 0) is 9.53 Å². The van der Waals surface area contributed by atoms with Crippen LogP contribution in [0.5, 0.6) is 0 Å². The van der Waals surface area contributed by atoms with E-state index >= 15 is 0 Å². The van der Waals surface area contributed by atoms with E-state index in [9.17, 15) is 9.90 Å². The predicted molar refractivity (Wildman–Crippen MR) is 122 cm³/mol. The summed E-state index contributed by atoms with van der Waals surface area (Å²) in [6, 6.07) is 0.586. The summed E-state index contributed by atoms with van der Waals surface area (Å²) in [6.45, 7) is 5.14. The molecule has 7 nitrogen and oxygen atoms in total. The van der Waals surface area contributed by atoms with Crippen molar-refractivity contribution in [3.63, 3.8) is 0 Å². The normalized spacial score (nSPS) is 40.5. The molecule has 2 saturated carbocycles. The maximum atomic E-state index is 11.3. The summed E-state index contributed by atoms with van der Waals surface area (Å²) in [5, 5.41) is 20.5.